The molecule has 0 aliphatic carbocycles. The summed E-state index contributed by atoms with van der Waals surface area (Å²) in [7, 11) is 0. The van der Waals surface area contributed by atoms with Crippen molar-refractivity contribution < 1.29 is 9.63 Å². The Hall–Kier alpha value is -3.16. The van der Waals surface area contributed by atoms with Crippen LogP contribution in [0.3, 0.4) is 0 Å². The number of aryl methyl sites for hydroxylation is 1. The summed E-state index contributed by atoms with van der Waals surface area (Å²) in [5.41, 5.74) is 2.34. The standard InChI is InChI=1S/C15H9N3O2.C3H7NO/c1-8-2-3-12-9(6-8)13(19)14-17-11-4-5-16-7-10(11)15(20)18(12)14;1-2-3-5-4/h2-7H,1H3;2H,1,3-4H2. The van der Waals surface area contributed by atoms with Crippen LogP contribution >= 0.6 is 0 Å². The minimum atomic E-state index is -0.256. The maximum atomic E-state index is 12.5. The molecule has 0 atom stereocenters. The molecule has 1 aliphatic heterocycles. The fourth-order valence-corrected chi connectivity index (χ4v) is 2.62. The van der Waals surface area contributed by atoms with Crippen LogP contribution in [0.15, 0.2) is 54.1 Å². The molecule has 2 N–H and O–H groups in total. The van der Waals surface area contributed by atoms with Gasteiger partial charge in [0.2, 0.25) is 5.78 Å². The summed E-state index contributed by atoms with van der Waals surface area (Å²) in [5, 5.41) is 0.414. The number of hydrogen-bond donors (Lipinski definition) is 1. The second-order valence-electron chi connectivity index (χ2n) is 5.44. The highest BCUT2D eigenvalue weighted by Crippen LogP contribution is 2.26. The van der Waals surface area contributed by atoms with Gasteiger partial charge in [0.05, 0.1) is 28.8 Å². The number of hydrogen-bond acceptors (Lipinski definition) is 6. The average Bonchev–Trinajstić information content (AvgIpc) is 2.89. The van der Waals surface area contributed by atoms with Crippen LogP contribution in [0.1, 0.15) is 21.7 Å². The second kappa shape index (κ2) is 6.76. The number of nitrogens with zero attached hydrogens (tertiary/aromatic N) is 3. The maximum absolute atomic E-state index is 12.5. The molecule has 25 heavy (non-hydrogen) atoms. The van der Waals surface area contributed by atoms with Gasteiger partial charge >= 0.3 is 0 Å². The van der Waals surface area contributed by atoms with Crippen LogP contribution in [0.5, 0.6) is 0 Å². The third kappa shape index (κ3) is 2.86. The summed E-state index contributed by atoms with van der Waals surface area (Å²) in [4.78, 5) is 37.3. The van der Waals surface area contributed by atoms with Gasteiger partial charge in [0, 0.05) is 12.4 Å². The predicted molar refractivity (Wildman–Crippen MR) is 93.6 cm³/mol. The number of rotatable bonds is 2. The number of aromatic nitrogens is 3. The third-order valence-electron chi connectivity index (χ3n) is 3.72. The van der Waals surface area contributed by atoms with E-state index in [-0.39, 0.29) is 17.2 Å². The molecule has 0 unspecified atom stereocenters. The third-order valence-corrected chi connectivity index (χ3v) is 3.72. The predicted octanol–water partition coefficient (Wildman–Crippen LogP) is 1.70. The Kier molecular flexibility index (Phi) is 4.51. The van der Waals surface area contributed by atoms with Crippen molar-refractivity contribution in [2.75, 3.05) is 6.61 Å². The van der Waals surface area contributed by atoms with Crippen molar-refractivity contribution in [2.24, 2.45) is 5.90 Å². The number of pyridine rings is 1. The van der Waals surface area contributed by atoms with Gasteiger partial charge in [-0.2, -0.15) is 0 Å². The molecule has 7 heteroatoms. The first-order valence-corrected chi connectivity index (χ1v) is 7.53. The Morgan fingerprint density at radius 3 is 2.80 bits per heavy atom. The quantitative estimate of drug-likeness (QED) is 0.442. The lowest BCUT2D eigenvalue weighted by molar-refractivity contribution is 0.103. The van der Waals surface area contributed by atoms with E-state index >= 15 is 0 Å². The van der Waals surface area contributed by atoms with Gasteiger partial charge in [0.25, 0.3) is 5.56 Å². The average molecular weight is 336 g/mol. The Balaban J connectivity index is 0.000000324. The number of benzene rings is 1. The van der Waals surface area contributed by atoms with Crippen LogP contribution in [0.25, 0.3) is 16.6 Å². The molecule has 3 aromatic rings. The highest BCUT2D eigenvalue weighted by Gasteiger charge is 2.30. The largest absolute Gasteiger partial charge is 0.300 e. The summed E-state index contributed by atoms with van der Waals surface area (Å²) in [6.45, 7) is 5.69. The van der Waals surface area contributed by atoms with Gasteiger partial charge in [-0.1, -0.05) is 17.7 Å². The van der Waals surface area contributed by atoms with Crippen LogP contribution in [0.4, 0.5) is 0 Å². The minimum Gasteiger partial charge on any atom is -0.300 e. The van der Waals surface area contributed by atoms with Gasteiger partial charge in [0.1, 0.15) is 0 Å². The molecule has 0 saturated heterocycles. The molecule has 1 aromatic carbocycles. The summed E-state index contributed by atoms with van der Waals surface area (Å²) >= 11 is 0. The molecule has 0 saturated carbocycles. The van der Waals surface area contributed by atoms with Gasteiger partial charge in [-0.05, 0) is 25.1 Å². The molecule has 3 heterocycles. The first kappa shape index (κ1) is 16.7. The molecular weight excluding hydrogens is 320 g/mol. The zero-order chi connectivity index (χ0) is 18.0. The van der Waals surface area contributed by atoms with E-state index in [0.29, 0.717) is 28.8 Å². The van der Waals surface area contributed by atoms with Gasteiger partial charge < -0.3 is 4.84 Å². The Bertz CT molecular complexity index is 1040. The van der Waals surface area contributed by atoms with Gasteiger partial charge in [-0.15, -0.1) is 6.58 Å². The molecule has 7 nitrogen and oxygen atoms in total. The summed E-state index contributed by atoms with van der Waals surface area (Å²) < 4.78 is 1.38. The molecule has 1 aliphatic rings. The highest BCUT2D eigenvalue weighted by atomic mass is 16.6. The molecule has 0 radical (unpaired) electrons. The summed E-state index contributed by atoms with van der Waals surface area (Å²) in [5.74, 6) is 4.53. The summed E-state index contributed by atoms with van der Waals surface area (Å²) in [6, 6.07) is 7.08. The van der Waals surface area contributed by atoms with Crippen molar-refractivity contribution >= 4 is 16.7 Å². The van der Waals surface area contributed by atoms with E-state index in [9.17, 15) is 9.59 Å². The molecule has 0 bridgehead atoms. The number of ketones is 1. The molecule has 0 spiro atoms. The number of carbonyl (C=O) groups excluding carboxylic acids is 1. The lowest BCUT2D eigenvalue weighted by Gasteiger charge is -2.05. The Morgan fingerprint density at radius 1 is 1.32 bits per heavy atom. The zero-order valence-corrected chi connectivity index (χ0v) is 13.6. The van der Waals surface area contributed by atoms with Crippen LogP contribution in [0, 0.1) is 6.92 Å². The van der Waals surface area contributed by atoms with Crippen molar-refractivity contribution in [3.63, 3.8) is 0 Å². The Labute approximate surface area is 143 Å². The van der Waals surface area contributed by atoms with Gasteiger partial charge in [-0.25, -0.2) is 10.9 Å². The fourth-order valence-electron chi connectivity index (χ4n) is 2.62. The molecule has 4 rings (SSSR count). The zero-order valence-electron chi connectivity index (χ0n) is 13.6. The molecular formula is C18H16N4O3. The van der Waals surface area contributed by atoms with Crippen molar-refractivity contribution in [3.05, 3.63) is 76.6 Å². The Morgan fingerprint density at radius 2 is 2.12 bits per heavy atom. The number of nitrogens with two attached hydrogens (primary N) is 1. The van der Waals surface area contributed by atoms with Gasteiger partial charge in [0.15, 0.2) is 5.82 Å². The molecule has 0 amide bonds. The maximum Gasteiger partial charge on any atom is 0.267 e. The topological polar surface area (TPSA) is 100 Å². The van der Waals surface area contributed by atoms with Crippen molar-refractivity contribution in [2.45, 2.75) is 6.92 Å². The van der Waals surface area contributed by atoms with E-state index in [2.05, 4.69) is 27.3 Å². The van der Waals surface area contributed by atoms with Crippen LogP contribution in [-0.4, -0.2) is 26.9 Å². The number of carbonyl (C=O) groups is 1. The smallest absolute Gasteiger partial charge is 0.267 e. The summed E-state index contributed by atoms with van der Waals surface area (Å²) in [6.07, 6.45) is 4.62. The molecule has 0 fully saturated rings. The highest BCUT2D eigenvalue weighted by molar-refractivity contribution is 6.13. The monoisotopic (exact) mass is 336 g/mol. The van der Waals surface area contributed by atoms with E-state index in [4.69, 9.17) is 0 Å². The lowest BCUT2D eigenvalue weighted by Crippen LogP contribution is -2.21. The first-order chi connectivity index (χ1) is 12.1. The van der Waals surface area contributed by atoms with E-state index in [1.54, 1.807) is 30.5 Å². The lowest BCUT2D eigenvalue weighted by atomic mass is 10.1. The second-order valence-corrected chi connectivity index (χ2v) is 5.44. The van der Waals surface area contributed by atoms with E-state index in [1.807, 2.05) is 13.0 Å². The molecule has 2 aromatic heterocycles. The van der Waals surface area contributed by atoms with E-state index in [1.165, 1.54) is 10.8 Å². The van der Waals surface area contributed by atoms with Crippen LogP contribution in [-0.2, 0) is 4.84 Å². The van der Waals surface area contributed by atoms with Crippen LogP contribution in [0.2, 0.25) is 0 Å². The van der Waals surface area contributed by atoms with Crippen molar-refractivity contribution in [3.8, 4) is 5.69 Å². The van der Waals surface area contributed by atoms with E-state index in [0.717, 1.165) is 5.56 Å². The van der Waals surface area contributed by atoms with Crippen LogP contribution < -0.4 is 11.5 Å². The van der Waals surface area contributed by atoms with Crippen molar-refractivity contribution in [1.29, 1.82) is 0 Å². The fraction of sp³-hybridized carbons (Fsp3) is 0.111. The SMILES string of the molecule is C=CCON.Cc1ccc2c(c1)C(=O)c1nc3ccncc3c(=O)n1-2. The first-order valence-electron chi connectivity index (χ1n) is 7.53. The van der Waals surface area contributed by atoms with Crippen molar-refractivity contribution in [1.82, 2.24) is 14.5 Å². The normalized spacial score (nSPS) is 11.5. The minimum absolute atomic E-state index is 0.175. The van der Waals surface area contributed by atoms with Gasteiger partial charge in [-0.3, -0.25) is 19.1 Å². The number of fused-ring (bicyclic) bond motifs is 4. The van der Waals surface area contributed by atoms with E-state index < -0.39 is 0 Å². The molecule has 126 valence electrons.